The number of rotatable bonds is 11. The summed E-state index contributed by atoms with van der Waals surface area (Å²) in [7, 11) is 1.59. The molecule has 0 aliphatic carbocycles. The first-order chi connectivity index (χ1) is 16.8. The van der Waals surface area contributed by atoms with Crippen molar-refractivity contribution in [2.24, 2.45) is 0 Å². The summed E-state index contributed by atoms with van der Waals surface area (Å²) >= 11 is 1.22. The molecular weight excluding hydrogens is 472 g/mol. The third-order valence-electron chi connectivity index (χ3n) is 5.10. The topological polar surface area (TPSA) is 141 Å². The first-order valence-corrected chi connectivity index (χ1v) is 11.8. The molecule has 12 heteroatoms. The fraction of sp³-hybridized carbons (Fsp3) is 0.304. The molecule has 35 heavy (non-hydrogen) atoms. The lowest BCUT2D eigenvalue weighted by Gasteiger charge is -2.10. The first-order valence-electron chi connectivity index (χ1n) is 10.8. The van der Waals surface area contributed by atoms with Gasteiger partial charge in [-0.25, -0.2) is 0 Å². The van der Waals surface area contributed by atoms with Gasteiger partial charge in [0.1, 0.15) is 5.75 Å². The normalized spacial score (nSPS) is 10.6. The van der Waals surface area contributed by atoms with Crippen LogP contribution in [0.5, 0.6) is 5.75 Å². The highest BCUT2D eigenvalue weighted by atomic mass is 32.2. The Morgan fingerprint density at radius 2 is 1.89 bits per heavy atom. The molecule has 0 radical (unpaired) electrons. The molecular formula is C23H26N6O5S. The van der Waals surface area contributed by atoms with Crippen LogP contribution in [-0.2, 0) is 29.1 Å². The third kappa shape index (κ3) is 7.03. The molecule has 1 aromatic heterocycles. The van der Waals surface area contributed by atoms with Crippen LogP contribution in [0.3, 0.4) is 0 Å². The summed E-state index contributed by atoms with van der Waals surface area (Å²) in [6.45, 7) is 4.40. The Bertz CT molecular complexity index is 1210. The number of hydrogen-bond donors (Lipinski definition) is 2. The van der Waals surface area contributed by atoms with Gasteiger partial charge < -0.3 is 19.9 Å². The molecule has 11 nitrogen and oxygen atoms in total. The van der Waals surface area contributed by atoms with Crippen molar-refractivity contribution in [3.05, 3.63) is 69.5 Å². The van der Waals surface area contributed by atoms with E-state index >= 15 is 0 Å². The molecule has 3 aromatic rings. The number of amides is 2. The fourth-order valence-corrected chi connectivity index (χ4v) is 4.08. The zero-order valence-electron chi connectivity index (χ0n) is 19.6. The van der Waals surface area contributed by atoms with Crippen LogP contribution in [0.4, 0.5) is 11.4 Å². The number of carbonyl (C=O) groups is 2. The Balaban J connectivity index is 1.52. The number of nitrogens with one attached hydrogen (secondary N) is 2. The van der Waals surface area contributed by atoms with Crippen molar-refractivity contribution in [2.75, 3.05) is 18.2 Å². The predicted molar refractivity (Wildman–Crippen MR) is 131 cm³/mol. The van der Waals surface area contributed by atoms with E-state index in [0.29, 0.717) is 28.8 Å². The molecule has 1 heterocycles. The maximum atomic E-state index is 12.4. The number of aryl methyl sites for hydroxylation is 1. The number of non-ortho nitro benzene ring substituents is 1. The molecule has 2 aromatic carbocycles. The maximum Gasteiger partial charge on any atom is 0.269 e. The standard InChI is InChI=1S/C23H26N6O5S/c1-4-28-20(13-24-21(30)12-16-5-8-18(34-3)9-6-16)26-27-23(28)35-14-22(31)25-19-10-7-17(29(32)33)11-15(19)2/h5-11H,4,12-14H2,1-3H3,(H,24,30)(H,25,31). The Kier molecular flexibility index (Phi) is 8.79. The Morgan fingerprint density at radius 1 is 1.14 bits per heavy atom. The van der Waals surface area contributed by atoms with Crippen LogP contribution in [-0.4, -0.2) is 44.4 Å². The second-order valence-electron chi connectivity index (χ2n) is 7.54. The molecule has 0 fully saturated rings. The van der Waals surface area contributed by atoms with Gasteiger partial charge in [-0.05, 0) is 43.2 Å². The molecule has 3 rings (SSSR count). The minimum Gasteiger partial charge on any atom is -0.497 e. The lowest BCUT2D eigenvalue weighted by molar-refractivity contribution is -0.384. The Hall–Kier alpha value is -3.93. The number of aromatic nitrogens is 3. The highest BCUT2D eigenvalue weighted by Crippen LogP contribution is 2.22. The summed E-state index contributed by atoms with van der Waals surface area (Å²) in [5, 5.41) is 25.3. The number of nitro benzene ring substituents is 1. The van der Waals surface area contributed by atoms with E-state index in [1.165, 1.54) is 30.0 Å². The summed E-state index contributed by atoms with van der Waals surface area (Å²) in [5.41, 5.74) is 1.95. The monoisotopic (exact) mass is 498 g/mol. The number of methoxy groups -OCH3 is 1. The van der Waals surface area contributed by atoms with Gasteiger partial charge in [0.15, 0.2) is 11.0 Å². The first kappa shape index (κ1) is 25.7. The van der Waals surface area contributed by atoms with Crippen LogP contribution >= 0.6 is 11.8 Å². The Morgan fingerprint density at radius 3 is 2.51 bits per heavy atom. The average Bonchev–Trinajstić information content (AvgIpc) is 3.24. The SMILES string of the molecule is CCn1c(CNC(=O)Cc2ccc(OC)cc2)nnc1SCC(=O)Nc1ccc([N+](=O)[O-])cc1C. The van der Waals surface area contributed by atoms with E-state index in [9.17, 15) is 19.7 Å². The number of nitro groups is 1. The minimum absolute atomic E-state index is 0.0328. The van der Waals surface area contributed by atoms with Gasteiger partial charge in [0.25, 0.3) is 5.69 Å². The van der Waals surface area contributed by atoms with Crippen molar-refractivity contribution < 1.29 is 19.2 Å². The molecule has 0 aliphatic rings. The van der Waals surface area contributed by atoms with Crippen molar-refractivity contribution in [1.82, 2.24) is 20.1 Å². The summed E-state index contributed by atoms with van der Waals surface area (Å²) in [5.74, 6) is 0.981. The van der Waals surface area contributed by atoms with E-state index in [-0.39, 0.29) is 36.2 Å². The van der Waals surface area contributed by atoms with E-state index in [0.717, 1.165) is 11.3 Å². The number of nitrogens with zero attached hydrogens (tertiary/aromatic N) is 4. The van der Waals surface area contributed by atoms with Gasteiger partial charge in [-0.3, -0.25) is 19.7 Å². The quantitative estimate of drug-likeness (QED) is 0.233. The van der Waals surface area contributed by atoms with Crippen molar-refractivity contribution >= 4 is 35.0 Å². The molecule has 0 unspecified atom stereocenters. The van der Waals surface area contributed by atoms with E-state index in [4.69, 9.17) is 4.74 Å². The molecule has 0 aliphatic heterocycles. The number of carbonyl (C=O) groups excluding carboxylic acids is 2. The van der Waals surface area contributed by atoms with E-state index in [1.54, 1.807) is 26.2 Å². The third-order valence-corrected chi connectivity index (χ3v) is 6.07. The lowest BCUT2D eigenvalue weighted by Crippen LogP contribution is -2.26. The zero-order valence-corrected chi connectivity index (χ0v) is 20.4. The van der Waals surface area contributed by atoms with Crippen LogP contribution in [0, 0.1) is 17.0 Å². The molecule has 0 atom stereocenters. The number of ether oxygens (including phenoxy) is 1. The molecule has 0 saturated heterocycles. The van der Waals surface area contributed by atoms with E-state index in [1.807, 2.05) is 23.6 Å². The number of benzene rings is 2. The minimum atomic E-state index is -0.481. The van der Waals surface area contributed by atoms with Gasteiger partial charge in [-0.1, -0.05) is 23.9 Å². The summed E-state index contributed by atoms with van der Waals surface area (Å²) in [6, 6.07) is 11.6. The van der Waals surface area contributed by atoms with Gasteiger partial charge in [0.05, 0.1) is 30.8 Å². The highest BCUT2D eigenvalue weighted by Gasteiger charge is 2.15. The Labute approximate surface area is 206 Å². The summed E-state index contributed by atoms with van der Waals surface area (Å²) < 4.78 is 6.96. The van der Waals surface area contributed by atoms with Gasteiger partial charge in [-0.2, -0.15) is 0 Å². The van der Waals surface area contributed by atoms with Crippen LogP contribution in [0.15, 0.2) is 47.6 Å². The zero-order chi connectivity index (χ0) is 25.4. The van der Waals surface area contributed by atoms with Gasteiger partial charge in [0.2, 0.25) is 11.8 Å². The summed E-state index contributed by atoms with van der Waals surface area (Å²) in [4.78, 5) is 35.1. The largest absolute Gasteiger partial charge is 0.497 e. The second-order valence-corrected chi connectivity index (χ2v) is 8.48. The van der Waals surface area contributed by atoms with Crippen LogP contribution in [0.25, 0.3) is 0 Å². The molecule has 0 bridgehead atoms. The smallest absolute Gasteiger partial charge is 0.269 e. The van der Waals surface area contributed by atoms with Gasteiger partial charge in [0, 0.05) is 24.4 Å². The highest BCUT2D eigenvalue weighted by molar-refractivity contribution is 7.99. The van der Waals surface area contributed by atoms with E-state index < -0.39 is 4.92 Å². The van der Waals surface area contributed by atoms with Gasteiger partial charge >= 0.3 is 0 Å². The fourth-order valence-electron chi connectivity index (χ4n) is 3.26. The van der Waals surface area contributed by atoms with Crippen molar-refractivity contribution in [3.63, 3.8) is 0 Å². The number of anilines is 1. The van der Waals surface area contributed by atoms with Crippen LogP contribution in [0.2, 0.25) is 0 Å². The van der Waals surface area contributed by atoms with Crippen molar-refractivity contribution in [3.8, 4) is 5.75 Å². The molecule has 2 amide bonds. The molecule has 184 valence electrons. The molecule has 0 spiro atoms. The predicted octanol–water partition coefficient (Wildman–Crippen LogP) is 3.11. The van der Waals surface area contributed by atoms with Gasteiger partial charge in [-0.15, -0.1) is 10.2 Å². The number of hydrogen-bond acceptors (Lipinski definition) is 8. The van der Waals surface area contributed by atoms with Crippen LogP contribution in [0.1, 0.15) is 23.9 Å². The van der Waals surface area contributed by atoms with Crippen molar-refractivity contribution in [2.45, 2.75) is 38.5 Å². The van der Waals surface area contributed by atoms with E-state index in [2.05, 4.69) is 20.8 Å². The summed E-state index contributed by atoms with van der Waals surface area (Å²) in [6.07, 6.45) is 0.230. The van der Waals surface area contributed by atoms with Crippen molar-refractivity contribution in [1.29, 1.82) is 0 Å². The maximum absolute atomic E-state index is 12.4. The molecule has 0 saturated carbocycles. The second kappa shape index (κ2) is 12.0. The van der Waals surface area contributed by atoms with Crippen LogP contribution < -0.4 is 15.4 Å². The number of thioether (sulfide) groups is 1. The average molecular weight is 499 g/mol. The molecule has 2 N–H and O–H groups in total. The lowest BCUT2D eigenvalue weighted by atomic mass is 10.1.